The highest BCUT2D eigenvalue weighted by atomic mass is 16.3. The van der Waals surface area contributed by atoms with Gasteiger partial charge in [0.1, 0.15) is 5.58 Å². The number of nitrogens with zero attached hydrogens (tertiary/aromatic N) is 3. The lowest BCUT2D eigenvalue weighted by atomic mass is 10.0. The summed E-state index contributed by atoms with van der Waals surface area (Å²) in [6.07, 6.45) is 1.83. The average molecular weight is 780 g/mol. The summed E-state index contributed by atoms with van der Waals surface area (Å²) in [5, 5.41) is 7.13. The predicted octanol–water partition coefficient (Wildman–Crippen LogP) is 15.7. The molecule has 61 heavy (non-hydrogen) atoms. The number of para-hydroxylation sites is 2. The molecule has 3 heterocycles. The first-order valence-electron chi connectivity index (χ1n) is 20.7. The summed E-state index contributed by atoms with van der Waals surface area (Å²) in [7, 11) is 0. The van der Waals surface area contributed by atoms with Crippen LogP contribution < -0.4 is 4.90 Å². The van der Waals surface area contributed by atoms with Crippen LogP contribution in [0.1, 0.15) is 0 Å². The van der Waals surface area contributed by atoms with Crippen LogP contribution in [0.2, 0.25) is 0 Å². The van der Waals surface area contributed by atoms with Crippen molar-refractivity contribution >= 4 is 71.7 Å². The Balaban J connectivity index is 0.923. The number of hydrogen-bond donors (Lipinski definition) is 0. The molecule has 0 bridgehead atoms. The van der Waals surface area contributed by atoms with Crippen LogP contribution in [0.15, 0.2) is 229 Å². The van der Waals surface area contributed by atoms with Crippen LogP contribution in [0.4, 0.5) is 17.1 Å². The summed E-state index contributed by atoms with van der Waals surface area (Å²) in [5.41, 5.74) is 15.2. The largest absolute Gasteiger partial charge is 0.438 e. The molecule has 0 aliphatic heterocycles. The molecular weight excluding hydrogens is 743 g/mol. The maximum Gasteiger partial charge on any atom is 0.227 e. The van der Waals surface area contributed by atoms with Crippen molar-refractivity contribution in [3.8, 4) is 39.1 Å². The number of rotatable bonds is 7. The quantitative estimate of drug-likeness (QED) is 0.162. The Kier molecular flexibility index (Phi) is 8.13. The number of anilines is 3. The molecule has 0 fully saturated rings. The second-order valence-electron chi connectivity index (χ2n) is 15.6. The lowest BCUT2D eigenvalue weighted by Crippen LogP contribution is -2.10. The lowest BCUT2D eigenvalue weighted by Gasteiger charge is -2.26. The molecule has 0 aliphatic rings. The molecule has 12 aromatic rings. The second-order valence-corrected chi connectivity index (χ2v) is 15.6. The van der Waals surface area contributed by atoms with Gasteiger partial charge in [-0.3, -0.25) is 0 Å². The van der Waals surface area contributed by atoms with Gasteiger partial charge in [0.25, 0.3) is 0 Å². The van der Waals surface area contributed by atoms with Gasteiger partial charge in [0.15, 0.2) is 0 Å². The molecule has 0 amide bonds. The molecule has 3 aromatic heterocycles. The smallest absolute Gasteiger partial charge is 0.227 e. The van der Waals surface area contributed by atoms with Crippen molar-refractivity contribution in [3.63, 3.8) is 0 Å². The Hall–Kier alpha value is -8.21. The van der Waals surface area contributed by atoms with Gasteiger partial charge >= 0.3 is 0 Å². The minimum absolute atomic E-state index is 0.650. The fourth-order valence-electron chi connectivity index (χ4n) is 9.18. The fourth-order valence-corrected chi connectivity index (χ4v) is 9.18. The van der Waals surface area contributed by atoms with Gasteiger partial charge < -0.3 is 13.9 Å². The van der Waals surface area contributed by atoms with Crippen molar-refractivity contribution in [1.82, 2.24) is 9.55 Å². The zero-order valence-electron chi connectivity index (χ0n) is 33.1. The van der Waals surface area contributed by atoms with Crippen molar-refractivity contribution in [3.05, 3.63) is 225 Å². The standard InChI is InChI=1S/C57H37N3O/c1-2-11-38(12-3-1)43-14-10-15-47(37-43)59(45-32-25-42(26-33-45)48-35-36-58-57-55(48)52-18-7-9-20-54(52)61-57)44-28-21-39(22-29-44)40-23-30-46(31-24-40)60-53-19-8-6-17-50(53)51-34-27-41-13-4-5-16-49(41)56(51)60/h1-37H. The first-order chi connectivity index (χ1) is 30.2. The van der Waals surface area contributed by atoms with Crippen LogP contribution in [0, 0.1) is 0 Å². The highest BCUT2D eigenvalue weighted by Crippen LogP contribution is 2.41. The van der Waals surface area contributed by atoms with Gasteiger partial charge in [-0.2, -0.15) is 0 Å². The Labute approximate surface area is 352 Å². The third kappa shape index (κ3) is 5.88. The maximum atomic E-state index is 6.13. The van der Waals surface area contributed by atoms with Gasteiger partial charge in [-0.05, 0) is 105 Å². The Morgan fingerprint density at radius 1 is 0.410 bits per heavy atom. The van der Waals surface area contributed by atoms with Crippen LogP contribution in [0.5, 0.6) is 0 Å². The van der Waals surface area contributed by atoms with Crippen LogP contribution in [0.3, 0.4) is 0 Å². The molecule has 286 valence electrons. The molecule has 0 aliphatic carbocycles. The molecule has 0 atom stereocenters. The van der Waals surface area contributed by atoms with Crippen LogP contribution in [-0.2, 0) is 0 Å². The van der Waals surface area contributed by atoms with E-state index in [1.807, 2.05) is 24.4 Å². The molecule has 9 aromatic carbocycles. The van der Waals surface area contributed by atoms with Crippen molar-refractivity contribution in [1.29, 1.82) is 0 Å². The summed E-state index contributed by atoms with van der Waals surface area (Å²) in [6, 6.07) is 78.3. The number of benzene rings is 9. The average Bonchev–Trinajstić information content (AvgIpc) is 3.89. The highest BCUT2D eigenvalue weighted by molar-refractivity contribution is 6.18. The van der Waals surface area contributed by atoms with Crippen LogP contribution in [0.25, 0.3) is 93.7 Å². The molecule has 4 heteroatoms. The van der Waals surface area contributed by atoms with E-state index in [-0.39, 0.29) is 0 Å². The molecule has 0 saturated heterocycles. The summed E-state index contributed by atoms with van der Waals surface area (Å²) in [4.78, 5) is 6.90. The SMILES string of the molecule is c1ccc(-c2cccc(N(c3ccc(-c4ccc(-n5c6ccccc6c6ccc7ccccc7c65)cc4)cc3)c3ccc(-c4ccnc5oc6ccccc6c45)cc3)c2)cc1. The van der Waals surface area contributed by atoms with E-state index in [0.29, 0.717) is 5.71 Å². The summed E-state index contributed by atoms with van der Waals surface area (Å²) in [6.45, 7) is 0. The molecule has 0 spiro atoms. The van der Waals surface area contributed by atoms with Gasteiger partial charge in [-0.25, -0.2) is 4.98 Å². The van der Waals surface area contributed by atoms with Crippen molar-refractivity contribution < 1.29 is 4.42 Å². The van der Waals surface area contributed by atoms with Crippen LogP contribution >= 0.6 is 0 Å². The maximum absolute atomic E-state index is 6.13. The Morgan fingerprint density at radius 2 is 1.03 bits per heavy atom. The molecule has 0 saturated carbocycles. The molecule has 0 N–H and O–H groups in total. The molecule has 4 nitrogen and oxygen atoms in total. The van der Waals surface area contributed by atoms with Gasteiger partial charge in [0.2, 0.25) is 5.71 Å². The van der Waals surface area contributed by atoms with E-state index in [0.717, 1.165) is 55.8 Å². The third-order valence-electron chi connectivity index (χ3n) is 12.1. The van der Waals surface area contributed by atoms with Crippen molar-refractivity contribution in [2.75, 3.05) is 4.90 Å². The third-order valence-corrected chi connectivity index (χ3v) is 12.1. The summed E-state index contributed by atoms with van der Waals surface area (Å²) < 4.78 is 8.55. The Morgan fingerprint density at radius 3 is 1.82 bits per heavy atom. The minimum atomic E-state index is 0.650. The van der Waals surface area contributed by atoms with Gasteiger partial charge in [-0.15, -0.1) is 0 Å². The highest BCUT2D eigenvalue weighted by Gasteiger charge is 2.18. The van der Waals surface area contributed by atoms with E-state index in [1.54, 1.807) is 0 Å². The van der Waals surface area contributed by atoms with Gasteiger partial charge in [0, 0.05) is 50.5 Å². The van der Waals surface area contributed by atoms with E-state index in [4.69, 9.17) is 4.42 Å². The first-order valence-corrected chi connectivity index (χ1v) is 20.7. The Bertz CT molecular complexity index is 3570. The topological polar surface area (TPSA) is 34.2 Å². The molecule has 12 rings (SSSR count). The van der Waals surface area contributed by atoms with E-state index in [9.17, 15) is 0 Å². The fraction of sp³-hybridized carbons (Fsp3) is 0. The molecular formula is C57H37N3O. The first kappa shape index (κ1) is 34.8. The van der Waals surface area contributed by atoms with E-state index >= 15 is 0 Å². The zero-order chi connectivity index (χ0) is 40.3. The normalized spacial score (nSPS) is 11.6. The van der Waals surface area contributed by atoms with E-state index < -0.39 is 0 Å². The zero-order valence-corrected chi connectivity index (χ0v) is 33.1. The summed E-state index contributed by atoms with van der Waals surface area (Å²) >= 11 is 0. The number of hydrogen-bond acceptors (Lipinski definition) is 3. The minimum Gasteiger partial charge on any atom is -0.438 e. The monoisotopic (exact) mass is 779 g/mol. The number of furan rings is 1. The van der Waals surface area contributed by atoms with Gasteiger partial charge in [0.05, 0.1) is 16.4 Å². The van der Waals surface area contributed by atoms with Gasteiger partial charge in [-0.1, -0.05) is 152 Å². The second kappa shape index (κ2) is 14.3. The van der Waals surface area contributed by atoms with E-state index in [1.165, 1.54) is 49.3 Å². The van der Waals surface area contributed by atoms with Crippen LogP contribution in [-0.4, -0.2) is 9.55 Å². The summed E-state index contributed by atoms with van der Waals surface area (Å²) in [5.74, 6) is 0. The predicted molar refractivity (Wildman–Crippen MR) is 254 cm³/mol. The number of fused-ring (bicyclic) bond motifs is 8. The van der Waals surface area contributed by atoms with E-state index in [2.05, 4.69) is 215 Å². The molecule has 0 radical (unpaired) electrons. The lowest BCUT2D eigenvalue weighted by molar-refractivity contribution is 0.654. The van der Waals surface area contributed by atoms with Crippen molar-refractivity contribution in [2.24, 2.45) is 0 Å². The number of aromatic nitrogens is 2. The van der Waals surface area contributed by atoms with Crippen molar-refractivity contribution in [2.45, 2.75) is 0 Å². The molecule has 0 unspecified atom stereocenters. The number of pyridine rings is 1.